The number of rotatable bonds is 5. The number of benzene rings is 1. The van der Waals surface area contributed by atoms with Gasteiger partial charge in [-0.3, -0.25) is 0 Å². The molecule has 24 heavy (non-hydrogen) atoms. The lowest BCUT2D eigenvalue weighted by Gasteiger charge is -2.32. The summed E-state index contributed by atoms with van der Waals surface area (Å²) >= 11 is 7.67. The first-order chi connectivity index (χ1) is 11.7. The van der Waals surface area contributed by atoms with E-state index in [1.807, 2.05) is 11.3 Å². The Labute approximate surface area is 154 Å². The molecule has 1 N–H and O–H groups in total. The fourth-order valence-corrected chi connectivity index (χ4v) is 4.55. The van der Waals surface area contributed by atoms with Crippen molar-refractivity contribution in [3.05, 3.63) is 51.7 Å². The number of nitrogens with one attached hydrogen (secondary N) is 1. The van der Waals surface area contributed by atoms with Crippen LogP contribution in [0.3, 0.4) is 0 Å². The molecular formula is C20H26N2S2. The number of hydrogen-bond acceptors (Lipinski definition) is 2. The summed E-state index contributed by atoms with van der Waals surface area (Å²) in [7, 11) is 0. The van der Waals surface area contributed by atoms with Crippen LogP contribution >= 0.6 is 23.6 Å². The summed E-state index contributed by atoms with van der Waals surface area (Å²) < 4.78 is 0. The molecule has 0 aliphatic heterocycles. The molecule has 1 aromatic carbocycles. The Morgan fingerprint density at radius 3 is 2.71 bits per heavy atom. The molecular weight excluding hydrogens is 332 g/mol. The van der Waals surface area contributed by atoms with Gasteiger partial charge in [0.2, 0.25) is 0 Å². The maximum atomic E-state index is 5.85. The van der Waals surface area contributed by atoms with E-state index in [-0.39, 0.29) is 0 Å². The first-order valence-electron chi connectivity index (χ1n) is 8.87. The Hall–Kier alpha value is -1.39. The third-order valence-electron chi connectivity index (χ3n) is 4.90. The maximum absolute atomic E-state index is 5.85. The average Bonchev–Trinajstić information content (AvgIpc) is 3.27. The van der Waals surface area contributed by atoms with E-state index in [9.17, 15) is 0 Å². The van der Waals surface area contributed by atoms with Crippen molar-refractivity contribution in [1.29, 1.82) is 0 Å². The van der Waals surface area contributed by atoms with Gasteiger partial charge in [0.25, 0.3) is 0 Å². The summed E-state index contributed by atoms with van der Waals surface area (Å²) in [5.74, 6) is 0. The fraction of sp³-hybridized carbons (Fsp3) is 0.450. The summed E-state index contributed by atoms with van der Waals surface area (Å²) in [6.07, 6.45) is 6.15. The number of hydrogen-bond donors (Lipinski definition) is 1. The number of thiophene rings is 1. The van der Waals surface area contributed by atoms with Crippen LogP contribution in [-0.2, 0) is 13.0 Å². The molecule has 0 amide bonds. The Balaban J connectivity index is 1.81. The fourth-order valence-electron chi connectivity index (χ4n) is 3.53. The molecule has 2 aromatic rings. The largest absolute Gasteiger partial charge is 0.341 e. The van der Waals surface area contributed by atoms with Crippen molar-refractivity contribution in [2.75, 3.05) is 5.32 Å². The highest BCUT2D eigenvalue weighted by Crippen LogP contribution is 2.28. The van der Waals surface area contributed by atoms with Crippen molar-refractivity contribution < 1.29 is 0 Å². The molecule has 1 aromatic heterocycles. The standard InChI is InChI=1S/C20H26N2S2/c1-3-16-9-6-8-15(2)19(16)21-20(23)22(17-10-4-5-11-17)14-18-12-7-13-24-18/h6-9,12-13,17H,3-5,10-11,14H2,1-2H3,(H,21,23). The molecule has 0 atom stereocenters. The van der Waals surface area contributed by atoms with E-state index in [0.717, 1.165) is 18.1 Å². The van der Waals surface area contributed by atoms with Crippen LogP contribution in [0.1, 0.15) is 48.6 Å². The van der Waals surface area contributed by atoms with Crippen LogP contribution < -0.4 is 5.32 Å². The van der Waals surface area contributed by atoms with Crippen LogP contribution in [0.4, 0.5) is 5.69 Å². The lowest BCUT2D eigenvalue weighted by molar-refractivity contribution is 0.314. The second-order valence-electron chi connectivity index (χ2n) is 6.54. The molecule has 1 heterocycles. The molecule has 1 fully saturated rings. The van der Waals surface area contributed by atoms with Gasteiger partial charge in [0.05, 0.1) is 6.54 Å². The third-order valence-corrected chi connectivity index (χ3v) is 6.10. The highest BCUT2D eigenvalue weighted by Gasteiger charge is 2.25. The van der Waals surface area contributed by atoms with Crippen molar-refractivity contribution in [3.8, 4) is 0 Å². The lowest BCUT2D eigenvalue weighted by atomic mass is 10.1. The van der Waals surface area contributed by atoms with E-state index in [4.69, 9.17) is 12.2 Å². The Morgan fingerprint density at radius 1 is 1.25 bits per heavy atom. The zero-order valence-electron chi connectivity index (χ0n) is 14.5. The number of para-hydroxylation sites is 1. The van der Waals surface area contributed by atoms with Crippen LogP contribution in [0.25, 0.3) is 0 Å². The number of aryl methyl sites for hydroxylation is 2. The van der Waals surface area contributed by atoms with E-state index >= 15 is 0 Å². The SMILES string of the molecule is CCc1cccc(C)c1NC(=S)N(Cc1cccs1)C1CCCC1. The van der Waals surface area contributed by atoms with E-state index in [0.29, 0.717) is 6.04 Å². The van der Waals surface area contributed by atoms with Crippen molar-refractivity contribution in [2.45, 2.75) is 58.5 Å². The molecule has 0 unspecified atom stereocenters. The molecule has 0 saturated heterocycles. The minimum atomic E-state index is 0.571. The molecule has 2 nitrogen and oxygen atoms in total. The summed E-state index contributed by atoms with van der Waals surface area (Å²) in [4.78, 5) is 3.80. The van der Waals surface area contributed by atoms with Gasteiger partial charge in [-0.2, -0.15) is 0 Å². The normalized spacial score (nSPS) is 14.8. The smallest absolute Gasteiger partial charge is 0.174 e. The van der Waals surface area contributed by atoms with E-state index in [2.05, 4.69) is 59.8 Å². The van der Waals surface area contributed by atoms with Crippen LogP contribution in [0.5, 0.6) is 0 Å². The van der Waals surface area contributed by atoms with Gasteiger partial charge in [0, 0.05) is 16.6 Å². The lowest BCUT2D eigenvalue weighted by Crippen LogP contribution is -2.41. The zero-order valence-corrected chi connectivity index (χ0v) is 16.2. The summed E-state index contributed by atoms with van der Waals surface area (Å²) in [6, 6.07) is 11.4. The molecule has 4 heteroatoms. The van der Waals surface area contributed by atoms with Crippen LogP contribution in [0.15, 0.2) is 35.7 Å². The summed E-state index contributed by atoms with van der Waals surface area (Å²) in [5, 5.41) is 6.60. The quantitative estimate of drug-likeness (QED) is 0.684. The van der Waals surface area contributed by atoms with Gasteiger partial charge in [0.1, 0.15) is 0 Å². The molecule has 1 aliphatic carbocycles. The monoisotopic (exact) mass is 358 g/mol. The molecule has 1 aliphatic rings. The average molecular weight is 359 g/mol. The van der Waals surface area contributed by atoms with Gasteiger partial charge in [-0.1, -0.05) is 44.0 Å². The van der Waals surface area contributed by atoms with Gasteiger partial charge in [-0.05, 0) is 61.0 Å². The highest BCUT2D eigenvalue weighted by molar-refractivity contribution is 7.80. The topological polar surface area (TPSA) is 15.3 Å². The zero-order chi connectivity index (χ0) is 16.9. The van der Waals surface area contributed by atoms with Gasteiger partial charge in [-0.25, -0.2) is 0 Å². The van der Waals surface area contributed by atoms with Gasteiger partial charge < -0.3 is 10.2 Å². The van der Waals surface area contributed by atoms with Crippen molar-refractivity contribution >= 4 is 34.4 Å². The minimum absolute atomic E-state index is 0.571. The number of anilines is 1. The van der Waals surface area contributed by atoms with E-state index in [1.165, 1.54) is 47.4 Å². The van der Waals surface area contributed by atoms with Crippen LogP contribution in [0, 0.1) is 6.92 Å². The van der Waals surface area contributed by atoms with E-state index < -0.39 is 0 Å². The van der Waals surface area contributed by atoms with Gasteiger partial charge in [-0.15, -0.1) is 11.3 Å². The third kappa shape index (κ3) is 3.98. The Kier molecular flexibility index (Phi) is 5.90. The molecule has 1 saturated carbocycles. The first kappa shape index (κ1) is 17.4. The molecule has 0 radical (unpaired) electrons. The predicted octanol–water partition coefficient (Wildman–Crippen LogP) is 5.76. The molecule has 0 spiro atoms. The summed E-state index contributed by atoms with van der Waals surface area (Å²) in [5.41, 5.74) is 3.79. The molecule has 0 bridgehead atoms. The van der Waals surface area contributed by atoms with Crippen LogP contribution in [0.2, 0.25) is 0 Å². The predicted molar refractivity (Wildman–Crippen MR) is 109 cm³/mol. The second kappa shape index (κ2) is 8.13. The molecule has 3 rings (SSSR count). The Bertz CT molecular complexity index is 673. The summed E-state index contributed by atoms with van der Waals surface area (Å²) in [6.45, 7) is 5.27. The number of thiocarbonyl (C=S) groups is 1. The molecule has 128 valence electrons. The van der Waals surface area contributed by atoms with Gasteiger partial charge >= 0.3 is 0 Å². The second-order valence-corrected chi connectivity index (χ2v) is 7.96. The minimum Gasteiger partial charge on any atom is -0.341 e. The number of nitrogens with zero attached hydrogens (tertiary/aromatic N) is 1. The highest BCUT2D eigenvalue weighted by atomic mass is 32.1. The maximum Gasteiger partial charge on any atom is 0.174 e. The van der Waals surface area contributed by atoms with Crippen molar-refractivity contribution in [3.63, 3.8) is 0 Å². The Morgan fingerprint density at radius 2 is 2.04 bits per heavy atom. The van der Waals surface area contributed by atoms with E-state index in [1.54, 1.807) is 0 Å². The van der Waals surface area contributed by atoms with Gasteiger partial charge in [0.15, 0.2) is 5.11 Å². The van der Waals surface area contributed by atoms with Crippen molar-refractivity contribution in [1.82, 2.24) is 4.90 Å². The van der Waals surface area contributed by atoms with Crippen molar-refractivity contribution in [2.24, 2.45) is 0 Å². The first-order valence-corrected chi connectivity index (χ1v) is 10.2. The van der Waals surface area contributed by atoms with Crippen LogP contribution in [-0.4, -0.2) is 16.1 Å².